The number of esters is 1. The lowest BCUT2D eigenvalue weighted by Gasteiger charge is -2.42. The number of aryl methyl sites for hydroxylation is 1. The zero-order valence-corrected chi connectivity index (χ0v) is 19.1. The van der Waals surface area contributed by atoms with E-state index in [2.05, 4.69) is 17.2 Å². The number of hydrogen-bond donors (Lipinski definition) is 1. The average Bonchev–Trinajstić information content (AvgIpc) is 3.22. The normalized spacial score (nSPS) is 24.0. The first-order chi connectivity index (χ1) is 15.4. The maximum absolute atomic E-state index is 12.8. The van der Waals surface area contributed by atoms with Crippen LogP contribution in [0.3, 0.4) is 0 Å². The molecule has 0 spiro atoms. The second kappa shape index (κ2) is 10.5. The number of ether oxygens (including phenoxy) is 2. The van der Waals surface area contributed by atoms with E-state index in [-0.39, 0.29) is 36.8 Å². The van der Waals surface area contributed by atoms with Gasteiger partial charge in [0.2, 0.25) is 5.91 Å². The van der Waals surface area contributed by atoms with Gasteiger partial charge in [0.25, 0.3) is 0 Å². The van der Waals surface area contributed by atoms with Gasteiger partial charge in [0, 0.05) is 37.0 Å². The first-order valence-electron chi connectivity index (χ1n) is 11.3. The quantitative estimate of drug-likeness (QED) is 0.562. The van der Waals surface area contributed by atoms with Crippen LogP contribution in [0.15, 0.2) is 24.3 Å². The zero-order chi connectivity index (χ0) is 23.1. The summed E-state index contributed by atoms with van der Waals surface area (Å²) in [5.41, 5.74) is 0.963. The molecule has 2 amide bonds. The summed E-state index contributed by atoms with van der Waals surface area (Å²) in [6, 6.07) is 7.79. The van der Waals surface area contributed by atoms with Gasteiger partial charge in [0.15, 0.2) is 5.60 Å². The second-order valence-corrected chi connectivity index (χ2v) is 8.45. The maximum atomic E-state index is 12.8. The maximum Gasteiger partial charge on any atom is 0.409 e. The first-order valence-corrected chi connectivity index (χ1v) is 11.3. The Labute approximate surface area is 189 Å². The summed E-state index contributed by atoms with van der Waals surface area (Å²) in [6.07, 6.45) is 2.61. The molecule has 1 saturated heterocycles. The van der Waals surface area contributed by atoms with E-state index in [1.54, 1.807) is 4.90 Å². The van der Waals surface area contributed by atoms with Crippen LogP contribution in [0.4, 0.5) is 4.79 Å². The van der Waals surface area contributed by atoms with E-state index in [0.29, 0.717) is 25.9 Å². The number of carbonyl (C=O) groups excluding carboxylic acids is 3. The Morgan fingerprint density at radius 1 is 1.25 bits per heavy atom. The molecular weight excluding hydrogens is 408 g/mol. The third-order valence-electron chi connectivity index (χ3n) is 6.26. The van der Waals surface area contributed by atoms with Gasteiger partial charge < -0.3 is 19.7 Å². The standard InChI is InChI=1S/C25H32N2O5/c1-4-26-22(28)10-11-23(29)32-25(15-12-19-8-5-7-18(2)17-19)14-6-9-21-20(25)13-16-27(21)24(30)31-3/h5,7-8,17,20-21H,4,6,9-11,13-14,16H2,1-3H3,(H,26,28). The van der Waals surface area contributed by atoms with Gasteiger partial charge in [-0.25, -0.2) is 4.79 Å². The largest absolute Gasteiger partial charge is 0.453 e. The van der Waals surface area contributed by atoms with Gasteiger partial charge in [-0.1, -0.05) is 18.1 Å². The lowest BCUT2D eigenvalue weighted by atomic mass is 9.72. The Morgan fingerprint density at radius 3 is 2.78 bits per heavy atom. The van der Waals surface area contributed by atoms with Crippen molar-refractivity contribution >= 4 is 18.0 Å². The predicted octanol–water partition coefficient (Wildman–Crippen LogP) is 3.19. The molecule has 0 bridgehead atoms. The molecule has 7 nitrogen and oxygen atoms in total. The van der Waals surface area contributed by atoms with E-state index in [0.717, 1.165) is 24.0 Å². The minimum atomic E-state index is -0.992. The lowest BCUT2D eigenvalue weighted by molar-refractivity contribution is -0.163. The number of fused-ring (bicyclic) bond motifs is 1. The average molecular weight is 441 g/mol. The van der Waals surface area contributed by atoms with Crippen molar-refractivity contribution in [3.8, 4) is 11.8 Å². The van der Waals surface area contributed by atoms with Crippen molar-refractivity contribution in [3.63, 3.8) is 0 Å². The molecule has 3 unspecified atom stereocenters. The number of carbonyl (C=O) groups is 3. The highest BCUT2D eigenvalue weighted by atomic mass is 16.6. The van der Waals surface area contributed by atoms with Gasteiger partial charge >= 0.3 is 12.1 Å². The number of rotatable bonds is 5. The lowest BCUT2D eigenvalue weighted by Crippen LogP contribution is -2.51. The number of benzene rings is 1. The Kier molecular flexibility index (Phi) is 7.79. The molecule has 1 aromatic carbocycles. The van der Waals surface area contributed by atoms with Gasteiger partial charge in [-0.2, -0.15) is 0 Å². The SMILES string of the molecule is CCNC(=O)CCC(=O)OC1(C#Cc2cccc(C)c2)CCCC2C1CCN2C(=O)OC. The van der Waals surface area contributed by atoms with Crippen LogP contribution in [0.1, 0.15) is 56.6 Å². The van der Waals surface area contributed by atoms with E-state index in [1.807, 2.05) is 38.1 Å². The molecule has 3 atom stereocenters. The van der Waals surface area contributed by atoms with Crippen molar-refractivity contribution in [1.29, 1.82) is 0 Å². The molecule has 2 fully saturated rings. The summed E-state index contributed by atoms with van der Waals surface area (Å²) in [6.45, 7) is 4.91. The minimum Gasteiger partial charge on any atom is -0.453 e. The fourth-order valence-corrected chi connectivity index (χ4v) is 4.82. The van der Waals surface area contributed by atoms with Crippen LogP contribution in [-0.4, -0.2) is 54.7 Å². The topological polar surface area (TPSA) is 84.9 Å². The third-order valence-corrected chi connectivity index (χ3v) is 6.26. The van der Waals surface area contributed by atoms with Crippen molar-refractivity contribution in [2.45, 2.75) is 64.0 Å². The Balaban J connectivity index is 1.87. The minimum absolute atomic E-state index is 0.00217. The molecule has 1 aliphatic heterocycles. The van der Waals surface area contributed by atoms with Crippen molar-refractivity contribution in [2.75, 3.05) is 20.2 Å². The van der Waals surface area contributed by atoms with Crippen molar-refractivity contribution < 1.29 is 23.9 Å². The number of hydrogen-bond acceptors (Lipinski definition) is 5. The van der Waals surface area contributed by atoms with Crippen LogP contribution in [0.25, 0.3) is 0 Å². The van der Waals surface area contributed by atoms with Crippen LogP contribution < -0.4 is 5.32 Å². The summed E-state index contributed by atoms with van der Waals surface area (Å²) >= 11 is 0. The van der Waals surface area contributed by atoms with Gasteiger partial charge in [-0.05, 0) is 63.1 Å². The third kappa shape index (κ3) is 5.42. The zero-order valence-electron chi connectivity index (χ0n) is 19.1. The van der Waals surface area contributed by atoms with E-state index in [9.17, 15) is 14.4 Å². The highest BCUT2D eigenvalue weighted by molar-refractivity contribution is 5.81. The fourth-order valence-electron chi connectivity index (χ4n) is 4.82. The number of nitrogens with zero attached hydrogens (tertiary/aromatic N) is 1. The molecule has 32 heavy (non-hydrogen) atoms. The molecule has 1 aliphatic carbocycles. The fraction of sp³-hybridized carbons (Fsp3) is 0.560. The van der Waals surface area contributed by atoms with Crippen molar-refractivity contribution in [2.24, 2.45) is 5.92 Å². The summed E-state index contributed by atoms with van der Waals surface area (Å²) < 4.78 is 11.0. The molecule has 1 saturated carbocycles. The van der Waals surface area contributed by atoms with E-state index < -0.39 is 11.6 Å². The Bertz CT molecular complexity index is 918. The molecule has 172 valence electrons. The molecule has 0 radical (unpaired) electrons. The Hall–Kier alpha value is -3.01. The Morgan fingerprint density at radius 2 is 2.06 bits per heavy atom. The van der Waals surface area contributed by atoms with Crippen molar-refractivity contribution in [1.82, 2.24) is 10.2 Å². The van der Waals surface area contributed by atoms with Crippen LogP contribution >= 0.6 is 0 Å². The van der Waals surface area contributed by atoms with Gasteiger partial charge in [-0.3, -0.25) is 9.59 Å². The summed E-state index contributed by atoms with van der Waals surface area (Å²) in [5, 5.41) is 2.69. The predicted molar refractivity (Wildman–Crippen MR) is 120 cm³/mol. The molecule has 1 N–H and O–H groups in total. The van der Waals surface area contributed by atoms with E-state index >= 15 is 0 Å². The highest BCUT2D eigenvalue weighted by Gasteiger charge is 2.53. The number of methoxy groups -OCH3 is 1. The number of amides is 2. The molecule has 1 heterocycles. The smallest absolute Gasteiger partial charge is 0.409 e. The molecular formula is C25H32N2O5. The summed E-state index contributed by atoms with van der Waals surface area (Å²) in [4.78, 5) is 38.6. The number of likely N-dealkylation sites (tertiary alicyclic amines) is 1. The van der Waals surface area contributed by atoms with E-state index in [1.165, 1.54) is 7.11 Å². The van der Waals surface area contributed by atoms with Crippen molar-refractivity contribution in [3.05, 3.63) is 35.4 Å². The molecule has 3 rings (SSSR count). The van der Waals surface area contributed by atoms with Crippen LogP contribution in [0, 0.1) is 24.7 Å². The highest BCUT2D eigenvalue weighted by Crippen LogP contribution is 2.45. The molecule has 1 aromatic rings. The second-order valence-electron chi connectivity index (χ2n) is 8.45. The summed E-state index contributed by atoms with van der Waals surface area (Å²) in [7, 11) is 1.38. The van der Waals surface area contributed by atoms with Crippen LogP contribution in [-0.2, 0) is 19.1 Å². The van der Waals surface area contributed by atoms with Crippen LogP contribution in [0.2, 0.25) is 0 Å². The molecule has 0 aromatic heterocycles. The van der Waals surface area contributed by atoms with Crippen LogP contribution in [0.5, 0.6) is 0 Å². The number of nitrogens with one attached hydrogen (secondary N) is 1. The summed E-state index contributed by atoms with van der Waals surface area (Å²) in [5.74, 6) is 5.80. The van der Waals surface area contributed by atoms with E-state index in [4.69, 9.17) is 9.47 Å². The van der Waals surface area contributed by atoms with Gasteiger partial charge in [0.05, 0.1) is 13.5 Å². The molecule has 2 aliphatic rings. The van der Waals surface area contributed by atoms with Gasteiger partial charge in [0.1, 0.15) is 0 Å². The monoisotopic (exact) mass is 440 g/mol. The molecule has 7 heteroatoms. The first kappa shape index (κ1) is 23.6. The van der Waals surface area contributed by atoms with Gasteiger partial charge in [-0.15, -0.1) is 0 Å².